The van der Waals surface area contributed by atoms with Crippen LogP contribution >= 0.6 is 0 Å². The molecule has 0 aromatic heterocycles. The van der Waals surface area contributed by atoms with Crippen LogP contribution in [-0.4, -0.2) is 50.3 Å². The van der Waals surface area contributed by atoms with Crippen molar-refractivity contribution in [3.63, 3.8) is 0 Å². The number of nitrogens with zero attached hydrogens (tertiary/aromatic N) is 1. The van der Waals surface area contributed by atoms with Crippen molar-refractivity contribution in [2.75, 3.05) is 39.3 Å². The van der Waals surface area contributed by atoms with E-state index in [1.54, 1.807) is 0 Å². The zero-order chi connectivity index (χ0) is 12.6. The maximum Gasteiger partial charge on any atom is 0.0538 e. The van der Waals surface area contributed by atoms with Gasteiger partial charge in [-0.05, 0) is 58.0 Å². The molecular weight excluding hydrogens is 224 g/mol. The highest BCUT2D eigenvalue weighted by Gasteiger charge is 2.46. The lowest BCUT2D eigenvalue weighted by atomic mass is 9.73. The van der Waals surface area contributed by atoms with Gasteiger partial charge in [0.2, 0.25) is 0 Å². The maximum atomic E-state index is 5.85. The summed E-state index contributed by atoms with van der Waals surface area (Å²) in [4.78, 5) is 2.69. The molecule has 1 saturated carbocycles. The van der Waals surface area contributed by atoms with Crippen LogP contribution in [0, 0.1) is 10.8 Å². The van der Waals surface area contributed by atoms with E-state index < -0.39 is 0 Å². The summed E-state index contributed by atoms with van der Waals surface area (Å²) in [6, 6.07) is 0. The minimum atomic E-state index is 0.383. The van der Waals surface area contributed by atoms with Crippen molar-refractivity contribution in [2.45, 2.75) is 45.6 Å². The van der Waals surface area contributed by atoms with Crippen LogP contribution in [0.25, 0.3) is 0 Å². The summed E-state index contributed by atoms with van der Waals surface area (Å²) in [6.45, 7) is 11.7. The molecule has 0 unspecified atom stereocenters. The molecule has 1 aliphatic carbocycles. The summed E-state index contributed by atoms with van der Waals surface area (Å²) in [7, 11) is 0. The van der Waals surface area contributed by atoms with E-state index in [-0.39, 0.29) is 0 Å². The predicted octanol–water partition coefficient (Wildman–Crippen LogP) is 1.88. The normalized spacial score (nSPS) is 29.5. The zero-order valence-electron chi connectivity index (χ0n) is 12.0. The van der Waals surface area contributed by atoms with Crippen molar-refractivity contribution in [3.8, 4) is 0 Å². The fourth-order valence-corrected chi connectivity index (χ4v) is 3.36. The molecule has 0 amide bonds. The van der Waals surface area contributed by atoms with Crippen molar-refractivity contribution in [1.82, 2.24) is 10.2 Å². The second kappa shape index (κ2) is 4.77. The molecule has 2 heterocycles. The summed E-state index contributed by atoms with van der Waals surface area (Å²) >= 11 is 0. The molecule has 0 bridgehead atoms. The summed E-state index contributed by atoms with van der Waals surface area (Å²) in [5.41, 5.74) is 1.20. The van der Waals surface area contributed by atoms with Crippen molar-refractivity contribution in [2.24, 2.45) is 10.8 Å². The van der Waals surface area contributed by atoms with E-state index in [1.165, 1.54) is 58.4 Å². The van der Waals surface area contributed by atoms with Crippen LogP contribution in [-0.2, 0) is 4.74 Å². The molecule has 104 valence electrons. The van der Waals surface area contributed by atoms with Gasteiger partial charge < -0.3 is 15.0 Å². The highest BCUT2D eigenvalue weighted by Crippen LogP contribution is 2.47. The van der Waals surface area contributed by atoms with Crippen LogP contribution in [0.3, 0.4) is 0 Å². The first-order valence-electron chi connectivity index (χ1n) is 7.66. The van der Waals surface area contributed by atoms with E-state index in [1.807, 2.05) is 0 Å². The quantitative estimate of drug-likeness (QED) is 0.808. The van der Waals surface area contributed by atoms with Crippen molar-refractivity contribution in [1.29, 1.82) is 0 Å². The van der Waals surface area contributed by atoms with Crippen LogP contribution in [0.2, 0.25) is 0 Å². The van der Waals surface area contributed by atoms with Crippen LogP contribution in [0.4, 0.5) is 0 Å². The predicted molar refractivity (Wildman–Crippen MR) is 73.7 cm³/mol. The Morgan fingerprint density at radius 3 is 2.22 bits per heavy atom. The average Bonchev–Trinajstić information content (AvgIpc) is 3.06. The SMILES string of the molecule is CC(C)OCC1(CN2CCC3(CC2)CNC3)CC1. The third-order valence-electron chi connectivity index (χ3n) is 5.16. The first kappa shape index (κ1) is 12.9. The van der Waals surface area contributed by atoms with E-state index in [9.17, 15) is 0 Å². The van der Waals surface area contributed by atoms with E-state index >= 15 is 0 Å². The number of nitrogens with one attached hydrogen (secondary N) is 1. The monoisotopic (exact) mass is 252 g/mol. The van der Waals surface area contributed by atoms with Gasteiger partial charge in [-0.15, -0.1) is 0 Å². The average molecular weight is 252 g/mol. The third-order valence-corrected chi connectivity index (χ3v) is 5.16. The standard InChI is InChI=1S/C15H28N2O/c1-13(2)18-12-15(3-4-15)11-17-7-5-14(6-8-17)9-16-10-14/h13,16H,3-12H2,1-2H3. The first-order chi connectivity index (χ1) is 8.62. The molecular formula is C15H28N2O. The minimum Gasteiger partial charge on any atom is -0.378 e. The highest BCUT2D eigenvalue weighted by molar-refractivity contribution is 5.00. The number of likely N-dealkylation sites (tertiary alicyclic amines) is 1. The smallest absolute Gasteiger partial charge is 0.0538 e. The lowest BCUT2D eigenvalue weighted by Crippen LogP contribution is -2.58. The fourth-order valence-electron chi connectivity index (χ4n) is 3.36. The molecule has 2 aliphatic heterocycles. The lowest BCUT2D eigenvalue weighted by molar-refractivity contribution is 0.00986. The Morgan fingerprint density at radius 2 is 1.78 bits per heavy atom. The second-order valence-corrected chi connectivity index (χ2v) is 7.24. The van der Waals surface area contributed by atoms with E-state index in [0.29, 0.717) is 16.9 Å². The third kappa shape index (κ3) is 2.73. The Hall–Kier alpha value is -0.120. The Bertz CT molecular complexity index is 285. The van der Waals surface area contributed by atoms with Gasteiger partial charge in [0.05, 0.1) is 12.7 Å². The van der Waals surface area contributed by atoms with Gasteiger partial charge in [0.15, 0.2) is 0 Å². The minimum absolute atomic E-state index is 0.383. The van der Waals surface area contributed by atoms with Crippen LogP contribution in [0.1, 0.15) is 39.5 Å². The molecule has 0 aromatic rings. The lowest BCUT2D eigenvalue weighted by Gasteiger charge is -2.49. The van der Waals surface area contributed by atoms with Crippen LogP contribution < -0.4 is 5.32 Å². The van der Waals surface area contributed by atoms with Crippen LogP contribution in [0.15, 0.2) is 0 Å². The van der Waals surface area contributed by atoms with Crippen molar-refractivity contribution >= 4 is 0 Å². The van der Waals surface area contributed by atoms with Gasteiger partial charge in [0.25, 0.3) is 0 Å². The Balaban J connectivity index is 1.43. The summed E-state index contributed by atoms with van der Waals surface area (Å²) in [6.07, 6.45) is 5.95. The molecule has 1 spiro atoms. The maximum absolute atomic E-state index is 5.85. The number of hydrogen-bond acceptors (Lipinski definition) is 3. The number of hydrogen-bond donors (Lipinski definition) is 1. The molecule has 3 aliphatic rings. The fraction of sp³-hybridized carbons (Fsp3) is 1.00. The Labute approximate surface area is 111 Å². The second-order valence-electron chi connectivity index (χ2n) is 7.24. The van der Waals surface area contributed by atoms with E-state index in [0.717, 1.165) is 6.61 Å². The van der Waals surface area contributed by atoms with Gasteiger partial charge >= 0.3 is 0 Å². The topological polar surface area (TPSA) is 24.5 Å². The largest absolute Gasteiger partial charge is 0.378 e. The zero-order valence-corrected chi connectivity index (χ0v) is 12.0. The summed E-state index contributed by atoms with van der Waals surface area (Å²) in [5.74, 6) is 0. The van der Waals surface area contributed by atoms with Gasteiger partial charge in [-0.3, -0.25) is 0 Å². The molecule has 0 atom stereocenters. The van der Waals surface area contributed by atoms with Crippen molar-refractivity contribution < 1.29 is 4.74 Å². The summed E-state index contributed by atoms with van der Waals surface area (Å²) in [5, 5.41) is 3.44. The van der Waals surface area contributed by atoms with Gasteiger partial charge in [-0.25, -0.2) is 0 Å². The van der Waals surface area contributed by atoms with E-state index in [2.05, 4.69) is 24.1 Å². The molecule has 1 N–H and O–H groups in total. The van der Waals surface area contributed by atoms with Gasteiger partial charge in [-0.1, -0.05) is 0 Å². The molecule has 3 rings (SSSR count). The Morgan fingerprint density at radius 1 is 1.11 bits per heavy atom. The molecule has 0 aromatic carbocycles. The molecule has 3 nitrogen and oxygen atoms in total. The summed E-state index contributed by atoms with van der Waals surface area (Å²) < 4.78 is 5.85. The number of ether oxygens (including phenoxy) is 1. The van der Waals surface area contributed by atoms with Gasteiger partial charge in [0.1, 0.15) is 0 Å². The highest BCUT2D eigenvalue weighted by atomic mass is 16.5. The van der Waals surface area contributed by atoms with E-state index in [4.69, 9.17) is 4.74 Å². The molecule has 3 fully saturated rings. The number of rotatable bonds is 5. The molecule has 0 radical (unpaired) electrons. The van der Waals surface area contributed by atoms with Gasteiger partial charge in [-0.2, -0.15) is 0 Å². The number of piperidine rings is 1. The molecule has 18 heavy (non-hydrogen) atoms. The van der Waals surface area contributed by atoms with Crippen LogP contribution in [0.5, 0.6) is 0 Å². The van der Waals surface area contributed by atoms with Crippen molar-refractivity contribution in [3.05, 3.63) is 0 Å². The Kier molecular flexibility index (Phi) is 3.41. The first-order valence-corrected chi connectivity index (χ1v) is 7.66. The van der Waals surface area contributed by atoms with Gasteiger partial charge in [0, 0.05) is 25.0 Å². The molecule has 2 saturated heterocycles. The molecule has 3 heteroatoms.